The molecule has 128 valence electrons. The molecule has 8 heteroatoms. The van der Waals surface area contributed by atoms with Gasteiger partial charge in [-0.3, -0.25) is 10.1 Å². The van der Waals surface area contributed by atoms with E-state index >= 15 is 0 Å². The number of nitrogens with zero attached hydrogens (tertiary/aromatic N) is 1. The Morgan fingerprint density at radius 1 is 1.29 bits per heavy atom. The van der Waals surface area contributed by atoms with E-state index in [1.807, 2.05) is 0 Å². The maximum absolute atomic E-state index is 12.4. The lowest BCUT2D eigenvalue weighted by Crippen LogP contribution is -2.21. The summed E-state index contributed by atoms with van der Waals surface area (Å²) < 4.78 is 0.816. The van der Waals surface area contributed by atoms with E-state index in [-0.39, 0.29) is 5.78 Å². The van der Waals surface area contributed by atoms with Crippen LogP contribution < -0.4 is 10.6 Å². The fraction of sp³-hybridized carbons (Fsp3) is 0.312. The number of Topliss-reactive ketones (excluding diaryl/α,β-unsaturated/α-hetero) is 1. The van der Waals surface area contributed by atoms with Crippen LogP contribution in [-0.4, -0.2) is 16.8 Å². The maximum atomic E-state index is 12.4. The van der Waals surface area contributed by atoms with Crippen LogP contribution in [0.5, 0.6) is 0 Å². The third-order valence-corrected chi connectivity index (χ3v) is 4.86. The van der Waals surface area contributed by atoms with Gasteiger partial charge in [-0.15, -0.1) is 0 Å². The second kappa shape index (κ2) is 9.15. The topological polar surface area (TPSA) is 71.1 Å². The molecule has 5 nitrogen and oxygen atoms in total. The van der Waals surface area contributed by atoms with E-state index in [1.165, 1.54) is 11.3 Å². The lowest BCUT2D eigenvalue weighted by molar-refractivity contribution is 0.0980. The standard InChI is InChI=1S/C16H17BrClN3O2S/c1-2-3-4-5-13(22)11-8-10(18)6-7-12(11)20-15(23)21-16-19-9-14(17)24-16/h6-9H,2-5H2,1H3,(H2,19,20,21,23). The Balaban J connectivity index is 2.08. The van der Waals surface area contributed by atoms with Crippen molar-refractivity contribution in [2.75, 3.05) is 10.6 Å². The Kier molecular flexibility index (Phi) is 7.20. The molecule has 0 bridgehead atoms. The number of anilines is 2. The van der Waals surface area contributed by atoms with E-state index in [0.717, 1.165) is 23.0 Å². The molecule has 24 heavy (non-hydrogen) atoms. The van der Waals surface area contributed by atoms with Gasteiger partial charge in [-0.1, -0.05) is 42.7 Å². The highest BCUT2D eigenvalue weighted by Gasteiger charge is 2.15. The first-order chi connectivity index (χ1) is 11.5. The van der Waals surface area contributed by atoms with Crippen LogP contribution in [-0.2, 0) is 0 Å². The highest BCUT2D eigenvalue weighted by atomic mass is 79.9. The van der Waals surface area contributed by atoms with Crippen molar-refractivity contribution in [3.05, 3.63) is 38.8 Å². The van der Waals surface area contributed by atoms with Crippen molar-refractivity contribution >= 4 is 61.5 Å². The Bertz CT molecular complexity index is 736. The fourth-order valence-corrected chi connectivity index (χ4v) is 3.36. The molecular weight excluding hydrogens is 414 g/mol. The number of nitrogens with one attached hydrogen (secondary N) is 2. The summed E-state index contributed by atoms with van der Waals surface area (Å²) in [4.78, 5) is 28.5. The summed E-state index contributed by atoms with van der Waals surface area (Å²) in [7, 11) is 0. The van der Waals surface area contributed by atoms with Crippen LogP contribution in [0.2, 0.25) is 5.02 Å². The zero-order chi connectivity index (χ0) is 17.5. The minimum atomic E-state index is -0.457. The Labute approximate surface area is 157 Å². The quantitative estimate of drug-likeness (QED) is 0.420. The second-order valence-corrected chi connectivity index (χ2v) is 7.97. The highest BCUT2D eigenvalue weighted by molar-refractivity contribution is 9.11. The number of thiazole rings is 1. The molecule has 2 rings (SSSR count). The molecule has 0 atom stereocenters. The smallest absolute Gasteiger partial charge is 0.307 e. The first kappa shape index (κ1) is 18.9. The number of benzene rings is 1. The second-order valence-electron chi connectivity index (χ2n) is 5.12. The van der Waals surface area contributed by atoms with Gasteiger partial charge in [0.15, 0.2) is 10.9 Å². The maximum Gasteiger partial charge on any atom is 0.325 e. The van der Waals surface area contributed by atoms with Gasteiger partial charge in [0.2, 0.25) is 0 Å². The molecule has 1 aromatic carbocycles. The van der Waals surface area contributed by atoms with Crippen LogP contribution in [0.3, 0.4) is 0 Å². The molecule has 0 fully saturated rings. The molecule has 1 heterocycles. The van der Waals surface area contributed by atoms with Gasteiger partial charge < -0.3 is 5.32 Å². The molecule has 0 radical (unpaired) electrons. The monoisotopic (exact) mass is 429 g/mol. The number of ketones is 1. The molecule has 0 spiro atoms. The van der Waals surface area contributed by atoms with Crippen molar-refractivity contribution in [3.63, 3.8) is 0 Å². The van der Waals surface area contributed by atoms with Gasteiger partial charge in [0.05, 0.1) is 15.7 Å². The van der Waals surface area contributed by atoms with Crippen LogP contribution in [0.25, 0.3) is 0 Å². The SMILES string of the molecule is CCCCCC(=O)c1cc(Cl)ccc1NC(=O)Nc1ncc(Br)s1. The van der Waals surface area contributed by atoms with Crippen molar-refractivity contribution in [1.29, 1.82) is 0 Å². The Hall–Kier alpha value is -1.44. The average molecular weight is 431 g/mol. The number of hydrogen-bond acceptors (Lipinski definition) is 4. The Morgan fingerprint density at radius 2 is 2.08 bits per heavy atom. The number of hydrogen-bond donors (Lipinski definition) is 2. The van der Waals surface area contributed by atoms with E-state index < -0.39 is 6.03 Å². The van der Waals surface area contributed by atoms with Crippen molar-refractivity contribution in [3.8, 4) is 0 Å². The molecule has 0 aliphatic carbocycles. The van der Waals surface area contributed by atoms with Crippen molar-refractivity contribution in [1.82, 2.24) is 4.98 Å². The Morgan fingerprint density at radius 3 is 2.75 bits per heavy atom. The van der Waals surface area contributed by atoms with E-state index in [2.05, 4.69) is 38.5 Å². The van der Waals surface area contributed by atoms with E-state index in [9.17, 15) is 9.59 Å². The van der Waals surface area contributed by atoms with E-state index in [4.69, 9.17) is 11.6 Å². The van der Waals surface area contributed by atoms with Crippen molar-refractivity contribution in [2.45, 2.75) is 32.6 Å². The summed E-state index contributed by atoms with van der Waals surface area (Å²) in [5, 5.41) is 6.24. The van der Waals surface area contributed by atoms with Crippen LogP contribution in [0.15, 0.2) is 28.2 Å². The van der Waals surface area contributed by atoms with Gasteiger partial charge in [0.25, 0.3) is 0 Å². The van der Waals surface area contributed by atoms with Gasteiger partial charge in [0, 0.05) is 17.0 Å². The average Bonchev–Trinajstić information content (AvgIpc) is 2.94. The molecule has 2 aromatic rings. The summed E-state index contributed by atoms with van der Waals surface area (Å²) in [6.45, 7) is 2.08. The van der Waals surface area contributed by atoms with Crippen molar-refractivity contribution < 1.29 is 9.59 Å². The predicted molar refractivity (Wildman–Crippen MR) is 102 cm³/mol. The third kappa shape index (κ3) is 5.58. The van der Waals surface area contributed by atoms with Crippen LogP contribution in [0.4, 0.5) is 15.6 Å². The molecule has 0 unspecified atom stereocenters. The number of urea groups is 1. The number of halogens is 2. The number of aromatic nitrogens is 1. The predicted octanol–water partition coefficient (Wildman–Crippen LogP) is 5.97. The molecule has 0 aliphatic heterocycles. The van der Waals surface area contributed by atoms with Gasteiger partial charge in [-0.2, -0.15) is 0 Å². The largest absolute Gasteiger partial charge is 0.325 e. The van der Waals surface area contributed by atoms with E-state index in [1.54, 1.807) is 24.4 Å². The molecule has 0 aliphatic rings. The fourth-order valence-electron chi connectivity index (χ4n) is 2.09. The number of rotatable bonds is 7. The minimum absolute atomic E-state index is 0.0294. The summed E-state index contributed by atoms with van der Waals surface area (Å²) in [6, 6.07) is 4.40. The van der Waals surface area contributed by atoms with Gasteiger partial charge in [-0.25, -0.2) is 9.78 Å². The number of amides is 2. The van der Waals surface area contributed by atoms with Gasteiger partial charge in [-0.05, 0) is 40.5 Å². The molecule has 2 amide bonds. The molecular formula is C16H17BrClN3O2S. The first-order valence-electron chi connectivity index (χ1n) is 7.51. The lowest BCUT2D eigenvalue weighted by Gasteiger charge is -2.11. The molecule has 0 saturated carbocycles. The number of carbonyl (C=O) groups is 2. The zero-order valence-corrected chi connectivity index (χ0v) is 16.2. The lowest BCUT2D eigenvalue weighted by atomic mass is 10.0. The van der Waals surface area contributed by atoms with Crippen LogP contribution >= 0.6 is 38.9 Å². The van der Waals surface area contributed by atoms with Crippen molar-refractivity contribution in [2.24, 2.45) is 0 Å². The summed E-state index contributed by atoms with van der Waals surface area (Å²) in [5.41, 5.74) is 0.864. The summed E-state index contributed by atoms with van der Waals surface area (Å²) in [5.74, 6) is -0.0294. The van der Waals surface area contributed by atoms with E-state index in [0.29, 0.717) is 27.8 Å². The molecule has 1 aromatic heterocycles. The normalized spacial score (nSPS) is 10.5. The third-order valence-electron chi connectivity index (χ3n) is 3.24. The zero-order valence-electron chi connectivity index (χ0n) is 13.1. The molecule has 2 N–H and O–H groups in total. The van der Waals surface area contributed by atoms with Gasteiger partial charge >= 0.3 is 6.03 Å². The summed E-state index contributed by atoms with van der Waals surface area (Å²) >= 11 is 10.6. The minimum Gasteiger partial charge on any atom is -0.307 e. The van der Waals surface area contributed by atoms with Crippen LogP contribution in [0, 0.1) is 0 Å². The number of carbonyl (C=O) groups excluding carboxylic acids is 2. The molecule has 0 saturated heterocycles. The highest BCUT2D eigenvalue weighted by Crippen LogP contribution is 2.25. The first-order valence-corrected chi connectivity index (χ1v) is 9.50. The van der Waals surface area contributed by atoms with Gasteiger partial charge in [0.1, 0.15) is 0 Å². The van der Waals surface area contributed by atoms with Crippen LogP contribution in [0.1, 0.15) is 43.0 Å². The summed E-state index contributed by atoms with van der Waals surface area (Å²) in [6.07, 6.45) is 4.89. The number of unbranched alkanes of at least 4 members (excludes halogenated alkanes) is 2.